The molecule has 2 aliphatic heterocycles. The average molecular weight is 432 g/mol. The zero-order chi connectivity index (χ0) is 22.5. The Balaban J connectivity index is 1.43. The molecule has 1 saturated heterocycles. The van der Waals surface area contributed by atoms with Gasteiger partial charge in [0.05, 0.1) is 30.2 Å². The SMILES string of the molecule is CCN1C(C#CCNc2ccc(C)nc2)=CC2=C(CN3CCC(N(C)C)CC3)C=CCC21. The lowest BCUT2D eigenvalue weighted by Crippen LogP contribution is -2.42. The highest BCUT2D eigenvalue weighted by Gasteiger charge is 2.31. The van der Waals surface area contributed by atoms with Crippen molar-refractivity contribution in [2.75, 3.05) is 52.1 Å². The summed E-state index contributed by atoms with van der Waals surface area (Å²) in [6, 6.07) is 5.24. The van der Waals surface area contributed by atoms with E-state index < -0.39 is 0 Å². The van der Waals surface area contributed by atoms with Crippen molar-refractivity contribution in [3.8, 4) is 11.8 Å². The van der Waals surface area contributed by atoms with Gasteiger partial charge in [0.1, 0.15) is 0 Å². The number of piperidine rings is 1. The van der Waals surface area contributed by atoms with Crippen LogP contribution in [-0.2, 0) is 0 Å². The number of hydrogen-bond donors (Lipinski definition) is 1. The van der Waals surface area contributed by atoms with Gasteiger partial charge in [-0.15, -0.1) is 0 Å². The largest absolute Gasteiger partial charge is 0.373 e. The number of pyridine rings is 1. The van der Waals surface area contributed by atoms with Crippen molar-refractivity contribution in [1.82, 2.24) is 19.7 Å². The number of allylic oxidation sites excluding steroid dienone is 1. The molecule has 3 aliphatic rings. The first-order chi connectivity index (χ1) is 15.5. The third-order valence-electron chi connectivity index (χ3n) is 6.92. The van der Waals surface area contributed by atoms with E-state index in [1.165, 1.54) is 37.1 Å². The van der Waals surface area contributed by atoms with Crippen LogP contribution in [0.15, 0.2) is 53.4 Å². The lowest BCUT2D eigenvalue weighted by molar-refractivity contribution is 0.153. The maximum Gasteiger partial charge on any atom is 0.0888 e. The molecule has 1 aliphatic carbocycles. The highest BCUT2D eigenvalue weighted by molar-refractivity contribution is 5.52. The Kier molecular flexibility index (Phi) is 7.34. The molecule has 1 unspecified atom stereocenters. The highest BCUT2D eigenvalue weighted by Crippen LogP contribution is 2.34. The molecule has 1 fully saturated rings. The zero-order valence-electron chi connectivity index (χ0n) is 20.1. The second-order valence-corrected chi connectivity index (χ2v) is 9.26. The first-order valence-electron chi connectivity index (χ1n) is 12.0. The van der Waals surface area contributed by atoms with Gasteiger partial charge in [0.25, 0.3) is 0 Å². The summed E-state index contributed by atoms with van der Waals surface area (Å²) in [5.74, 6) is 6.76. The smallest absolute Gasteiger partial charge is 0.0888 e. The molecule has 0 spiro atoms. The van der Waals surface area contributed by atoms with Crippen LogP contribution in [0.2, 0.25) is 0 Å². The molecule has 1 N–H and O–H groups in total. The van der Waals surface area contributed by atoms with Crippen LogP contribution >= 0.6 is 0 Å². The molecule has 0 amide bonds. The maximum absolute atomic E-state index is 4.33. The topological polar surface area (TPSA) is 34.6 Å². The van der Waals surface area contributed by atoms with Gasteiger partial charge in [-0.2, -0.15) is 0 Å². The minimum atomic E-state index is 0.442. The fourth-order valence-electron chi connectivity index (χ4n) is 4.99. The molecule has 32 heavy (non-hydrogen) atoms. The van der Waals surface area contributed by atoms with Crippen molar-refractivity contribution >= 4 is 5.69 Å². The maximum atomic E-state index is 4.33. The van der Waals surface area contributed by atoms with Crippen LogP contribution < -0.4 is 5.32 Å². The number of fused-ring (bicyclic) bond motifs is 1. The van der Waals surface area contributed by atoms with Crippen molar-refractivity contribution in [3.63, 3.8) is 0 Å². The van der Waals surface area contributed by atoms with Gasteiger partial charge in [0.15, 0.2) is 0 Å². The van der Waals surface area contributed by atoms with Gasteiger partial charge in [-0.05, 0) is 95.6 Å². The van der Waals surface area contributed by atoms with Crippen LogP contribution in [0.25, 0.3) is 0 Å². The van der Waals surface area contributed by atoms with E-state index in [9.17, 15) is 0 Å². The number of nitrogens with one attached hydrogen (secondary N) is 1. The second-order valence-electron chi connectivity index (χ2n) is 9.26. The van der Waals surface area contributed by atoms with E-state index in [2.05, 4.69) is 82.2 Å². The summed E-state index contributed by atoms with van der Waals surface area (Å²) >= 11 is 0. The van der Waals surface area contributed by atoms with Gasteiger partial charge in [-0.3, -0.25) is 9.88 Å². The molecule has 1 aromatic heterocycles. The van der Waals surface area contributed by atoms with Gasteiger partial charge < -0.3 is 15.1 Å². The summed E-state index contributed by atoms with van der Waals surface area (Å²) in [4.78, 5) is 11.8. The number of aryl methyl sites for hydroxylation is 1. The Morgan fingerprint density at radius 1 is 1.22 bits per heavy atom. The predicted molar refractivity (Wildman–Crippen MR) is 133 cm³/mol. The van der Waals surface area contributed by atoms with Crippen molar-refractivity contribution < 1.29 is 0 Å². The number of anilines is 1. The van der Waals surface area contributed by atoms with Gasteiger partial charge in [-0.1, -0.05) is 18.1 Å². The van der Waals surface area contributed by atoms with Gasteiger partial charge >= 0.3 is 0 Å². The molecule has 0 aromatic carbocycles. The summed E-state index contributed by atoms with van der Waals surface area (Å²) in [6.07, 6.45) is 12.5. The Bertz CT molecular complexity index is 936. The van der Waals surface area contributed by atoms with Gasteiger partial charge in [0.2, 0.25) is 0 Å². The number of nitrogens with zero attached hydrogens (tertiary/aromatic N) is 4. The van der Waals surface area contributed by atoms with E-state index in [4.69, 9.17) is 0 Å². The van der Waals surface area contributed by atoms with E-state index in [0.29, 0.717) is 12.6 Å². The van der Waals surface area contributed by atoms with E-state index in [0.717, 1.165) is 42.6 Å². The molecule has 5 heteroatoms. The molecule has 170 valence electrons. The fourth-order valence-corrected chi connectivity index (χ4v) is 4.99. The summed E-state index contributed by atoms with van der Waals surface area (Å²) < 4.78 is 0. The van der Waals surface area contributed by atoms with Crippen LogP contribution in [0.1, 0.15) is 31.9 Å². The molecule has 4 rings (SSSR count). The molecular weight excluding hydrogens is 394 g/mol. The van der Waals surface area contributed by atoms with Crippen LogP contribution in [-0.4, -0.2) is 78.6 Å². The average Bonchev–Trinajstić information content (AvgIpc) is 3.16. The van der Waals surface area contributed by atoms with E-state index in [-0.39, 0.29) is 0 Å². The molecule has 3 heterocycles. The molecule has 0 bridgehead atoms. The Hall–Kier alpha value is -2.55. The number of likely N-dealkylation sites (N-methyl/N-ethyl adjacent to an activating group) is 1. The van der Waals surface area contributed by atoms with E-state index in [1.807, 2.05) is 19.2 Å². The van der Waals surface area contributed by atoms with Crippen LogP contribution in [0.5, 0.6) is 0 Å². The van der Waals surface area contributed by atoms with Crippen molar-refractivity contribution in [2.24, 2.45) is 0 Å². The first kappa shape index (κ1) is 22.6. The lowest BCUT2D eigenvalue weighted by atomic mass is 9.93. The quantitative estimate of drug-likeness (QED) is 0.695. The third-order valence-corrected chi connectivity index (χ3v) is 6.92. The second kappa shape index (κ2) is 10.4. The molecule has 5 nitrogen and oxygen atoms in total. The van der Waals surface area contributed by atoms with Crippen LogP contribution in [0, 0.1) is 18.8 Å². The standard InChI is InChI=1S/C27H37N5/c1-5-32-25(9-7-15-28-23-12-11-21(2)29-19-23)18-26-22(8-6-10-27(26)32)20-31-16-13-24(14-17-31)30(3)4/h6,8,11-12,18-19,24,27-28H,5,10,13-17,20H2,1-4H3. The van der Waals surface area contributed by atoms with Gasteiger partial charge in [-0.25, -0.2) is 0 Å². The van der Waals surface area contributed by atoms with E-state index >= 15 is 0 Å². The minimum absolute atomic E-state index is 0.442. The molecule has 0 radical (unpaired) electrons. The van der Waals surface area contributed by atoms with Gasteiger partial charge in [0, 0.05) is 24.8 Å². The predicted octanol–water partition coefficient (Wildman–Crippen LogP) is 3.68. The number of likely N-dealkylation sites (tertiary alicyclic amines) is 1. The highest BCUT2D eigenvalue weighted by atomic mass is 15.2. The first-order valence-corrected chi connectivity index (χ1v) is 12.0. The summed E-state index contributed by atoms with van der Waals surface area (Å²) in [5.41, 5.74) is 6.15. The summed E-state index contributed by atoms with van der Waals surface area (Å²) in [7, 11) is 4.41. The summed E-state index contributed by atoms with van der Waals surface area (Å²) in [6.45, 7) is 9.27. The fraction of sp³-hybridized carbons (Fsp3) is 0.519. The Labute approximate surface area is 193 Å². The van der Waals surface area contributed by atoms with Crippen molar-refractivity contribution in [2.45, 2.75) is 45.2 Å². The normalized spacial score (nSPS) is 21.5. The van der Waals surface area contributed by atoms with Crippen molar-refractivity contribution in [3.05, 3.63) is 59.1 Å². The Morgan fingerprint density at radius 3 is 2.72 bits per heavy atom. The molecule has 0 saturated carbocycles. The summed E-state index contributed by atoms with van der Waals surface area (Å²) in [5, 5.41) is 3.35. The lowest BCUT2D eigenvalue weighted by Gasteiger charge is -2.36. The number of rotatable bonds is 6. The molecule has 1 atom stereocenters. The Morgan fingerprint density at radius 2 is 2.03 bits per heavy atom. The van der Waals surface area contributed by atoms with Crippen LogP contribution in [0.3, 0.4) is 0 Å². The minimum Gasteiger partial charge on any atom is -0.373 e. The van der Waals surface area contributed by atoms with Crippen molar-refractivity contribution in [1.29, 1.82) is 0 Å². The molecular formula is C27H37N5. The number of aromatic nitrogens is 1. The number of hydrogen-bond acceptors (Lipinski definition) is 5. The molecule has 1 aromatic rings. The monoisotopic (exact) mass is 431 g/mol. The third kappa shape index (κ3) is 5.26. The van der Waals surface area contributed by atoms with E-state index in [1.54, 1.807) is 0 Å². The zero-order valence-corrected chi connectivity index (χ0v) is 20.1. The van der Waals surface area contributed by atoms with Crippen LogP contribution in [0.4, 0.5) is 5.69 Å².